The molecule has 2 aromatic heterocycles. The number of nitrogens with zero attached hydrogens (tertiary/aromatic N) is 4. The van der Waals surface area contributed by atoms with E-state index >= 15 is 0 Å². The Labute approximate surface area is 152 Å². The fourth-order valence-electron chi connectivity index (χ4n) is 3.02. The van der Waals surface area contributed by atoms with Gasteiger partial charge in [0.25, 0.3) is 0 Å². The minimum absolute atomic E-state index is 0.0704. The van der Waals surface area contributed by atoms with Gasteiger partial charge in [-0.2, -0.15) is 0 Å². The number of hydrogen-bond donors (Lipinski definition) is 0. The van der Waals surface area contributed by atoms with Crippen molar-refractivity contribution in [3.63, 3.8) is 0 Å². The predicted octanol–water partition coefficient (Wildman–Crippen LogP) is 2.75. The molecule has 0 radical (unpaired) electrons. The summed E-state index contributed by atoms with van der Waals surface area (Å²) in [5.74, 6) is -0.477. The van der Waals surface area contributed by atoms with Crippen LogP contribution in [0, 0.1) is 0 Å². The van der Waals surface area contributed by atoms with E-state index < -0.39 is 24.5 Å². The summed E-state index contributed by atoms with van der Waals surface area (Å²) in [6.07, 6.45) is 2.23. The molecule has 0 N–H and O–H groups in total. The third-order valence-electron chi connectivity index (χ3n) is 4.30. The number of imidazole rings is 1. The molecule has 2 unspecified atom stereocenters. The maximum absolute atomic E-state index is 14.0. The number of aromatic nitrogens is 4. The summed E-state index contributed by atoms with van der Waals surface area (Å²) in [5, 5.41) is 0.174. The third-order valence-corrected chi connectivity index (χ3v) is 4.58. The van der Waals surface area contributed by atoms with Gasteiger partial charge in [-0.25, -0.2) is 24.1 Å². The van der Waals surface area contributed by atoms with Crippen molar-refractivity contribution in [3.05, 3.63) is 53.7 Å². The Morgan fingerprint density at radius 3 is 2.92 bits per heavy atom. The standard InChI is InChI=1S/C17H14ClFN4O3/c18-14-13-15(21-9-20-14)23(10-22-13)17(8-19)6-12(7-25-17)26-16(24)11-4-2-1-3-5-11/h1-5,9-10,12H,6-8H2. The van der Waals surface area contributed by atoms with Gasteiger partial charge in [0, 0.05) is 6.42 Å². The lowest BCUT2D eigenvalue weighted by atomic mass is 10.1. The zero-order valence-electron chi connectivity index (χ0n) is 13.5. The first kappa shape index (κ1) is 16.9. The number of ether oxygens (including phenoxy) is 2. The fraction of sp³-hybridized carbons (Fsp3) is 0.294. The molecule has 0 bridgehead atoms. The third kappa shape index (κ3) is 2.81. The summed E-state index contributed by atoms with van der Waals surface area (Å²) in [7, 11) is 0. The molecule has 4 rings (SSSR count). The molecule has 0 spiro atoms. The van der Waals surface area contributed by atoms with Crippen LogP contribution in [0.2, 0.25) is 5.15 Å². The number of benzene rings is 1. The largest absolute Gasteiger partial charge is 0.456 e. The molecule has 0 aliphatic carbocycles. The molecule has 2 atom stereocenters. The van der Waals surface area contributed by atoms with E-state index in [0.717, 1.165) is 0 Å². The number of halogens is 2. The lowest BCUT2D eigenvalue weighted by Crippen LogP contribution is -2.35. The van der Waals surface area contributed by atoms with Gasteiger partial charge in [0.1, 0.15) is 24.6 Å². The lowest BCUT2D eigenvalue weighted by molar-refractivity contribution is -0.0770. The first-order valence-corrected chi connectivity index (χ1v) is 8.31. The van der Waals surface area contributed by atoms with Gasteiger partial charge in [-0.1, -0.05) is 29.8 Å². The molecular formula is C17H14ClFN4O3. The summed E-state index contributed by atoms with van der Waals surface area (Å²) >= 11 is 6.00. The van der Waals surface area contributed by atoms with Gasteiger partial charge in [0.05, 0.1) is 18.5 Å². The molecule has 1 aromatic carbocycles. The zero-order chi connectivity index (χ0) is 18.1. The van der Waals surface area contributed by atoms with Crippen LogP contribution in [0.1, 0.15) is 16.8 Å². The smallest absolute Gasteiger partial charge is 0.338 e. The highest BCUT2D eigenvalue weighted by molar-refractivity contribution is 6.33. The number of esters is 1. The van der Waals surface area contributed by atoms with Gasteiger partial charge >= 0.3 is 5.97 Å². The number of alkyl halides is 1. The number of carbonyl (C=O) groups is 1. The summed E-state index contributed by atoms with van der Waals surface area (Å²) in [6, 6.07) is 8.61. The molecule has 9 heteroatoms. The van der Waals surface area contributed by atoms with E-state index in [-0.39, 0.29) is 18.2 Å². The molecule has 1 saturated heterocycles. The minimum Gasteiger partial charge on any atom is -0.456 e. The van der Waals surface area contributed by atoms with Crippen LogP contribution in [0.15, 0.2) is 43.0 Å². The highest BCUT2D eigenvalue weighted by Crippen LogP contribution is 2.36. The van der Waals surface area contributed by atoms with Crippen molar-refractivity contribution < 1.29 is 18.7 Å². The summed E-state index contributed by atoms with van der Waals surface area (Å²) in [6.45, 7) is -0.763. The topological polar surface area (TPSA) is 79.1 Å². The van der Waals surface area contributed by atoms with Gasteiger partial charge in [-0.05, 0) is 12.1 Å². The quantitative estimate of drug-likeness (QED) is 0.514. The second-order valence-corrected chi connectivity index (χ2v) is 6.30. The Morgan fingerprint density at radius 2 is 2.15 bits per heavy atom. The number of carbonyl (C=O) groups excluding carboxylic acids is 1. The Hall–Kier alpha value is -2.58. The number of rotatable bonds is 4. The van der Waals surface area contributed by atoms with Crippen molar-refractivity contribution in [2.75, 3.05) is 13.3 Å². The molecule has 1 aliphatic rings. The van der Waals surface area contributed by atoms with Crippen LogP contribution in [0.4, 0.5) is 4.39 Å². The molecule has 0 saturated carbocycles. The molecule has 1 aliphatic heterocycles. The van der Waals surface area contributed by atoms with Gasteiger partial charge in [-0.3, -0.25) is 4.57 Å². The maximum atomic E-state index is 14.0. The molecule has 3 aromatic rings. The number of hydrogen-bond acceptors (Lipinski definition) is 6. The van der Waals surface area contributed by atoms with E-state index in [1.807, 2.05) is 0 Å². The molecule has 3 heterocycles. The fourth-order valence-corrected chi connectivity index (χ4v) is 3.20. The lowest BCUT2D eigenvalue weighted by Gasteiger charge is -2.26. The average molecular weight is 377 g/mol. The number of fused-ring (bicyclic) bond motifs is 1. The van der Waals surface area contributed by atoms with E-state index in [1.165, 1.54) is 17.2 Å². The van der Waals surface area contributed by atoms with Crippen LogP contribution in [0.5, 0.6) is 0 Å². The SMILES string of the molecule is O=C(OC1COC(CF)(n2cnc3c(Cl)ncnc32)C1)c1ccccc1. The van der Waals surface area contributed by atoms with Gasteiger partial charge in [0.15, 0.2) is 16.5 Å². The Kier molecular flexibility index (Phi) is 4.29. The van der Waals surface area contributed by atoms with E-state index in [2.05, 4.69) is 15.0 Å². The molecule has 26 heavy (non-hydrogen) atoms. The Balaban J connectivity index is 1.58. The zero-order valence-corrected chi connectivity index (χ0v) is 14.3. The molecule has 1 fully saturated rings. The van der Waals surface area contributed by atoms with Gasteiger partial charge in [0.2, 0.25) is 0 Å². The maximum Gasteiger partial charge on any atom is 0.338 e. The van der Waals surface area contributed by atoms with Crippen molar-refractivity contribution >= 4 is 28.7 Å². The van der Waals surface area contributed by atoms with Crippen LogP contribution < -0.4 is 0 Å². The van der Waals surface area contributed by atoms with Crippen LogP contribution in [-0.2, 0) is 15.2 Å². The molecular weight excluding hydrogens is 363 g/mol. The Morgan fingerprint density at radius 1 is 1.35 bits per heavy atom. The first-order valence-electron chi connectivity index (χ1n) is 7.93. The van der Waals surface area contributed by atoms with Gasteiger partial charge in [-0.15, -0.1) is 0 Å². The highest BCUT2D eigenvalue weighted by atomic mass is 35.5. The molecule has 7 nitrogen and oxygen atoms in total. The van der Waals surface area contributed by atoms with E-state index in [0.29, 0.717) is 16.7 Å². The van der Waals surface area contributed by atoms with Crippen molar-refractivity contribution in [2.45, 2.75) is 18.2 Å². The van der Waals surface area contributed by atoms with Crippen molar-refractivity contribution in [1.29, 1.82) is 0 Å². The average Bonchev–Trinajstić information content (AvgIpc) is 3.28. The minimum atomic E-state index is -1.35. The summed E-state index contributed by atoms with van der Waals surface area (Å²) in [4.78, 5) is 24.3. The second-order valence-electron chi connectivity index (χ2n) is 5.94. The van der Waals surface area contributed by atoms with Crippen LogP contribution in [0.25, 0.3) is 11.2 Å². The second kappa shape index (κ2) is 6.62. The Bertz CT molecular complexity index is 952. The van der Waals surface area contributed by atoms with Crippen molar-refractivity contribution in [2.24, 2.45) is 0 Å². The first-order chi connectivity index (χ1) is 12.6. The van der Waals surface area contributed by atoms with E-state index in [4.69, 9.17) is 21.1 Å². The highest BCUT2D eigenvalue weighted by Gasteiger charge is 2.45. The van der Waals surface area contributed by atoms with Crippen molar-refractivity contribution in [1.82, 2.24) is 19.5 Å². The van der Waals surface area contributed by atoms with Crippen molar-refractivity contribution in [3.8, 4) is 0 Å². The molecule has 0 amide bonds. The predicted molar refractivity (Wildman–Crippen MR) is 90.5 cm³/mol. The van der Waals surface area contributed by atoms with E-state index in [1.54, 1.807) is 30.3 Å². The monoisotopic (exact) mass is 376 g/mol. The molecule has 134 valence electrons. The van der Waals surface area contributed by atoms with Crippen LogP contribution in [0.3, 0.4) is 0 Å². The van der Waals surface area contributed by atoms with Crippen LogP contribution >= 0.6 is 11.6 Å². The van der Waals surface area contributed by atoms with E-state index in [9.17, 15) is 9.18 Å². The summed E-state index contributed by atoms with van der Waals surface area (Å²) < 4.78 is 26.6. The van der Waals surface area contributed by atoms with Gasteiger partial charge < -0.3 is 9.47 Å². The summed E-state index contributed by atoms with van der Waals surface area (Å²) in [5.41, 5.74) is -0.209. The van der Waals surface area contributed by atoms with Crippen LogP contribution in [-0.4, -0.2) is 44.9 Å². The normalized spacial score (nSPS) is 22.6.